The Morgan fingerprint density at radius 2 is 2.12 bits per heavy atom. The van der Waals surface area contributed by atoms with E-state index >= 15 is 0 Å². The van der Waals surface area contributed by atoms with Gasteiger partial charge < -0.3 is 11.1 Å². The number of nitrogens with one attached hydrogen (secondary N) is 1. The number of nitrogens with two attached hydrogens (primary N) is 1. The molecule has 1 aliphatic rings. The maximum Gasteiger partial charge on any atom is 0.227 e. The summed E-state index contributed by atoms with van der Waals surface area (Å²) in [5.41, 5.74) is 10.0. The zero-order chi connectivity index (χ0) is 11.7. The Labute approximate surface area is 96.0 Å². The van der Waals surface area contributed by atoms with Crippen LogP contribution in [0.15, 0.2) is 12.1 Å². The lowest BCUT2D eigenvalue weighted by atomic mass is 10.0. The molecular weight excluding hydrogens is 200 g/mol. The molecule has 1 amide bonds. The van der Waals surface area contributed by atoms with Gasteiger partial charge in [0.1, 0.15) is 0 Å². The minimum absolute atomic E-state index is 0.148. The number of carbonyl (C=O) groups is 1. The van der Waals surface area contributed by atoms with E-state index in [9.17, 15) is 4.79 Å². The number of amides is 1. The van der Waals surface area contributed by atoms with Gasteiger partial charge in [0.2, 0.25) is 5.91 Å². The fourth-order valence-corrected chi connectivity index (χ4v) is 1.92. The molecule has 0 radical (unpaired) electrons. The van der Waals surface area contributed by atoms with E-state index in [2.05, 4.69) is 5.32 Å². The standard InChI is InChI=1S/C13H18N2O/c1-8-3-6-12(9(2)11(8)7-14)15-13(16)10-4-5-10/h3,6,10H,4-5,7,14H2,1-2H3,(H,15,16). The van der Waals surface area contributed by atoms with Gasteiger partial charge in [-0.1, -0.05) is 6.07 Å². The molecule has 0 unspecified atom stereocenters. The Balaban J connectivity index is 2.23. The number of benzene rings is 1. The first-order chi connectivity index (χ1) is 7.63. The largest absolute Gasteiger partial charge is 0.326 e. The zero-order valence-corrected chi connectivity index (χ0v) is 9.84. The predicted octanol–water partition coefficient (Wildman–Crippen LogP) is 2.11. The highest BCUT2D eigenvalue weighted by Crippen LogP contribution is 2.31. The number of carbonyl (C=O) groups excluding carboxylic acids is 1. The van der Waals surface area contributed by atoms with Crippen LogP contribution in [-0.2, 0) is 11.3 Å². The van der Waals surface area contributed by atoms with Crippen LogP contribution in [0.25, 0.3) is 0 Å². The smallest absolute Gasteiger partial charge is 0.227 e. The second kappa shape index (κ2) is 4.26. The molecule has 0 saturated heterocycles. The molecular formula is C13H18N2O. The molecule has 1 aliphatic carbocycles. The first-order valence-corrected chi connectivity index (χ1v) is 5.73. The van der Waals surface area contributed by atoms with E-state index in [-0.39, 0.29) is 11.8 Å². The van der Waals surface area contributed by atoms with Crippen LogP contribution in [-0.4, -0.2) is 5.91 Å². The Bertz CT molecular complexity index is 422. The summed E-state index contributed by atoms with van der Waals surface area (Å²) in [5.74, 6) is 0.386. The molecule has 0 aliphatic heterocycles. The van der Waals surface area contributed by atoms with Crippen LogP contribution in [0.2, 0.25) is 0 Å². The quantitative estimate of drug-likeness (QED) is 0.816. The summed E-state index contributed by atoms with van der Waals surface area (Å²) in [6.07, 6.45) is 2.06. The second-order valence-electron chi connectivity index (χ2n) is 4.50. The van der Waals surface area contributed by atoms with Crippen molar-refractivity contribution in [3.63, 3.8) is 0 Å². The zero-order valence-electron chi connectivity index (χ0n) is 9.84. The van der Waals surface area contributed by atoms with Gasteiger partial charge in [-0.05, 0) is 49.4 Å². The van der Waals surface area contributed by atoms with Crippen molar-refractivity contribution < 1.29 is 4.79 Å². The summed E-state index contributed by atoms with van der Waals surface area (Å²) in [5, 5.41) is 2.98. The van der Waals surface area contributed by atoms with E-state index in [1.165, 1.54) is 5.56 Å². The van der Waals surface area contributed by atoms with Gasteiger partial charge in [0.05, 0.1) is 0 Å². The van der Waals surface area contributed by atoms with Crippen molar-refractivity contribution in [1.29, 1.82) is 0 Å². The van der Waals surface area contributed by atoms with Crippen molar-refractivity contribution in [3.05, 3.63) is 28.8 Å². The predicted molar refractivity (Wildman–Crippen MR) is 65.2 cm³/mol. The molecule has 0 aromatic heterocycles. The third-order valence-electron chi connectivity index (χ3n) is 3.24. The third-order valence-corrected chi connectivity index (χ3v) is 3.24. The van der Waals surface area contributed by atoms with E-state index in [1.807, 2.05) is 26.0 Å². The highest BCUT2D eigenvalue weighted by molar-refractivity contribution is 5.94. The lowest BCUT2D eigenvalue weighted by Crippen LogP contribution is -2.15. The van der Waals surface area contributed by atoms with Crippen LogP contribution in [0.5, 0.6) is 0 Å². The number of aryl methyl sites for hydroxylation is 1. The van der Waals surface area contributed by atoms with Gasteiger partial charge in [-0.15, -0.1) is 0 Å². The Hall–Kier alpha value is -1.35. The Kier molecular flexibility index (Phi) is 2.97. The van der Waals surface area contributed by atoms with E-state index in [1.54, 1.807) is 0 Å². The molecule has 86 valence electrons. The van der Waals surface area contributed by atoms with E-state index < -0.39 is 0 Å². The molecule has 3 heteroatoms. The first kappa shape index (κ1) is 11.1. The Morgan fingerprint density at radius 3 is 2.69 bits per heavy atom. The van der Waals surface area contributed by atoms with Gasteiger partial charge in [0, 0.05) is 18.2 Å². The van der Waals surface area contributed by atoms with Gasteiger partial charge in [-0.3, -0.25) is 4.79 Å². The summed E-state index contributed by atoms with van der Waals surface area (Å²) in [4.78, 5) is 11.7. The molecule has 1 aromatic rings. The van der Waals surface area contributed by atoms with Crippen LogP contribution in [0, 0.1) is 19.8 Å². The highest BCUT2D eigenvalue weighted by Gasteiger charge is 2.29. The van der Waals surface area contributed by atoms with Crippen molar-refractivity contribution in [3.8, 4) is 0 Å². The molecule has 0 heterocycles. The van der Waals surface area contributed by atoms with Crippen molar-refractivity contribution >= 4 is 11.6 Å². The summed E-state index contributed by atoms with van der Waals surface area (Å²) < 4.78 is 0. The van der Waals surface area contributed by atoms with E-state index in [0.29, 0.717) is 6.54 Å². The minimum atomic E-state index is 0.148. The number of hydrogen-bond donors (Lipinski definition) is 2. The lowest BCUT2D eigenvalue weighted by Gasteiger charge is -2.13. The SMILES string of the molecule is Cc1ccc(NC(=O)C2CC2)c(C)c1CN. The Morgan fingerprint density at radius 1 is 1.44 bits per heavy atom. The van der Waals surface area contributed by atoms with Crippen molar-refractivity contribution in [2.24, 2.45) is 11.7 Å². The maximum atomic E-state index is 11.7. The van der Waals surface area contributed by atoms with Crippen molar-refractivity contribution in [2.45, 2.75) is 33.2 Å². The number of rotatable bonds is 3. The van der Waals surface area contributed by atoms with Gasteiger partial charge in [0.15, 0.2) is 0 Å². The van der Waals surface area contributed by atoms with Crippen LogP contribution < -0.4 is 11.1 Å². The second-order valence-corrected chi connectivity index (χ2v) is 4.50. The highest BCUT2D eigenvalue weighted by atomic mass is 16.2. The molecule has 3 N–H and O–H groups in total. The average molecular weight is 218 g/mol. The van der Waals surface area contributed by atoms with E-state index in [4.69, 9.17) is 5.73 Å². The van der Waals surface area contributed by atoms with Gasteiger partial charge >= 0.3 is 0 Å². The molecule has 1 aromatic carbocycles. The normalized spacial score (nSPS) is 14.9. The molecule has 1 fully saturated rings. The van der Waals surface area contributed by atoms with Gasteiger partial charge in [-0.25, -0.2) is 0 Å². The van der Waals surface area contributed by atoms with Crippen LogP contribution in [0.3, 0.4) is 0 Å². The van der Waals surface area contributed by atoms with Gasteiger partial charge in [-0.2, -0.15) is 0 Å². The molecule has 0 atom stereocenters. The molecule has 0 spiro atoms. The summed E-state index contributed by atoms with van der Waals surface area (Å²) >= 11 is 0. The molecule has 1 saturated carbocycles. The van der Waals surface area contributed by atoms with Gasteiger partial charge in [0.25, 0.3) is 0 Å². The molecule has 16 heavy (non-hydrogen) atoms. The monoisotopic (exact) mass is 218 g/mol. The van der Waals surface area contributed by atoms with Crippen molar-refractivity contribution in [2.75, 3.05) is 5.32 Å². The minimum Gasteiger partial charge on any atom is -0.326 e. The van der Waals surface area contributed by atoms with Crippen LogP contribution >= 0.6 is 0 Å². The van der Waals surface area contributed by atoms with E-state index in [0.717, 1.165) is 29.7 Å². The summed E-state index contributed by atoms with van der Waals surface area (Å²) in [7, 11) is 0. The third kappa shape index (κ3) is 2.09. The number of anilines is 1. The molecule has 2 rings (SSSR count). The van der Waals surface area contributed by atoms with Crippen LogP contribution in [0.4, 0.5) is 5.69 Å². The average Bonchev–Trinajstić information content (AvgIpc) is 3.06. The summed E-state index contributed by atoms with van der Waals surface area (Å²) in [6, 6.07) is 3.97. The topological polar surface area (TPSA) is 55.1 Å². The number of hydrogen-bond acceptors (Lipinski definition) is 2. The summed E-state index contributed by atoms with van der Waals surface area (Å²) in [6.45, 7) is 4.57. The van der Waals surface area contributed by atoms with Crippen LogP contribution in [0.1, 0.15) is 29.5 Å². The molecule has 0 bridgehead atoms. The molecule has 3 nitrogen and oxygen atoms in total. The first-order valence-electron chi connectivity index (χ1n) is 5.73. The maximum absolute atomic E-state index is 11.7. The fraction of sp³-hybridized carbons (Fsp3) is 0.462. The fourth-order valence-electron chi connectivity index (χ4n) is 1.92. The lowest BCUT2D eigenvalue weighted by molar-refractivity contribution is -0.117. The van der Waals surface area contributed by atoms with Crippen molar-refractivity contribution in [1.82, 2.24) is 0 Å².